The van der Waals surface area contributed by atoms with Crippen LogP contribution < -0.4 is 16.4 Å². The highest BCUT2D eigenvalue weighted by molar-refractivity contribution is 7.21. The number of nitrogens with two attached hydrogens (primary N) is 2. The lowest BCUT2D eigenvalue weighted by molar-refractivity contribution is 0.100. The number of anilines is 2. The summed E-state index contributed by atoms with van der Waals surface area (Å²) in [6.45, 7) is 13.3. The molecular weight excluding hydrogens is 376 g/mol. The number of piperidine rings is 1. The number of hydrogen-bond donors (Lipinski definition) is 2. The van der Waals surface area contributed by atoms with Crippen molar-refractivity contribution in [2.24, 2.45) is 5.73 Å². The SMILES string of the molecule is CC(C)(C)[Si](C)(C)OC1CCN(c2ccc3c(N)c(C(N)=O)sc3n2)CC1. The first-order chi connectivity index (χ1) is 12.5. The minimum Gasteiger partial charge on any atom is -0.414 e. The molecule has 0 radical (unpaired) electrons. The van der Waals surface area contributed by atoms with Gasteiger partial charge < -0.3 is 20.8 Å². The number of nitrogen functional groups attached to an aromatic ring is 1. The second kappa shape index (κ2) is 7.07. The maximum atomic E-state index is 11.5. The molecule has 1 aliphatic heterocycles. The number of nitrogens with zero attached hydrogens (tertiary/aromatic N) is 2. The molecule has 1 amide bonds. The number of amides is 1. The molecule has 2 aromatic heterocycles. The van der Waals surface area contributed by atoms with Gasteiger partial charge in [0.25, 0.3) is 5.91 Å². The maximum Gasteiger partial charge on any atom is 0.260 e. The van der Waals surface area contributed by atoms with Crippen LogP contribution in [0.2, 0.25) is 18.1 Å². The number of aromatic nitrogens is 1. The van der Waals surface area contributed by atoms with Crippen molar-refractivity contribution in [3.05, 3.63) is 17.0 Å². The van der Waals surface area contributed by atoms with Crippen molar-refractivity contribution in [3.8, 4) is 0 Å². The fraction of sp³-hybridized carbons (Fsp3) is 0.579. The zero-order chi connectivity index (χ0) is 20.0. The number of hydrogen-bond acceptors (Lipinski definition) is 6. The van der Waals surface area contributed by atoms with Gasteiger partial charge in [0, 0.05) is 24.6 Å². The highest BCUT2D eigenvalue weighted by atomic mass is 32.1. The largest absolute Gasteiger partial charge is 0.414 e. The Morgan fingerprint density at radius 3 is 2.48 bits per heavy atom. The number of carbonyl (C=O) groups excluding carboxylic acids is 1. The first-order valence-corrected chi connectivity index (χ1v) is 13.1. The maximum absolute atomic E-state index is 11.5. The van der Waals surface area contributed by atoms with Crippen LogP contribution in [0.1, 0.15) is 43.3 Å². The van der Waals surface area contributed by atoms with Crippen molar-refractivity contribution >= 4 is 47.3 Å². The van der Waals surface area contributed by atoms with Crippen LogP contribution in [0.5, 0.6) is 0 Å². The van der Waals surface area contributed by atoms with Crippen molar-refractivity contribution in [1.29, 1.82) is 0 Å². The van der Waals surface area contributed by atoms with Crippen LogP contribution in [0.3, 0.4) is 0 Å². The summed E-state index contributed by atoms with van der Waals surface area (Å²) in [5.41, 5.74) is 11.9. The standard InChI is InChI=1S/C19H30N4O2SSi/c1-19(2,3)27(4,5)25-12-8-10-23(11-9-12)14-7-6-13-15(20)16(17(21)24)26-18(13)22-14/h6-7,12H,8-11,20H2,1-5H3,(H2,21,24). The van der Waals surface area contributed by atoms with Gasteiger partial charge in [-0.15, -0.1) is 11.3 Å². The third-order valence-corrected chi connectivity index (χ3v) is 11.5. The van der Waals surface area contributed by atoms with Gasteiger partial charge in [0.2, 0.25) is 0 Å². The van der Waals surface area contributed by atoms with Gasteiger partial charge >= 0.3 is 0 Å². The van der Waals surface area contributed by atoms with Crippen molar-refractivity contribution in [2.75, 3.05) is 23.7 Å². The first kappa shape index (κ1) is 20.1. The summed E-state index contributed by atoms with van der Waals surface area (Å²) in [6.07, 6.45) is 2.33. The molecule has 0 saturated carbocycles. The number of rotatable bonds is 4. The van der Waals surface area contributed by atoms with Gasteiger partial charge in [-0.2, -0.15) is 0 Å². The molecular formula is C19H30N4O2SSi. The average Bonchev–Trinajstić information content (AvgIpc) is 2.91. The van der Waals surface area contributed by atoms with E-state index in [1.807, 2.05) is 12.1 Å². The summed E-state index contributed by atoms with van der Waals surface area (Å²) >= 11 is 1.26. The van der Waals surface area contributed by atoms with Crippen molar-refractivity contribution in [3.63, 3.8) is 0 Å². The fourth-order valence-electron chi connectivity index (χ4n) is 3.14. The topological polar surface area (TPSA) is 94.5 Å². The lowest BCUT2D eigenvalue weighted by atomic mass is 10.1. The molecule has 0 bridgehead atoms. The molecule has 0 unspecified atom stereocenters. The van der Waals surface area contributed by atoms with Gasteiger partial charge in [0.15, 0.2) is 8.32 Å². The third-order valence-electron chi connectivity index (χ3n) is 5.84. The summed E-state index contributed by atoms with van der Waals surface area (Å²) in [5, 5.41) is 1.03. The molecule has 2 aromatic rings. The molecule has 0 aliphatic carbocycles. The molecule has 0 atom stereocenters. The Balaban J connectivity index is 1.70. The first-order valence-electron chi connectivity index (χ1n) is 9.41. The summed E-state index contributed by atoms with van der Waals surface area (Å²) in [7, 11) is -1.73. The monoisotopic (exact) mass is 406 g/mol. The van der Waals surface area contributed by atoms with E-state index in [-0.39, 0.29) is 5.04 Å². The van der Waals surface area contributed by atoms with Crippen LogP contribution in [0.15, 0.2) is 12.1 Å². The van der Waals surface area contributed by atoms with E-state index in [0.717, 1.165) is 42.0 Å². The number of primary amides is 1. The molecule has 1 fully saturated rings. The zero-order valence-electron chi connectivity index (χ0n) is 16.8. The Morgan fingerprint density at radius 2 is 1.93 bits per heavy atom. The molecule has 3 heterocycles. The Hall–Kier alpha value is -1.64. The Labute approximate surface area is 166 Å². The zero-order valence-corrected chi connectivity index (χ0v) is 18.7. The van der Waals surface area contributed by atoms with Gasteiger partial charge in [-0.1, -0.05) is 20.8 Å². The van der Waals surface area contributed by atoms with E-state index in [4.69, 9.17) is 20.9 Å². The van der Waals surface area contributed by atoms with Crippen molar-refractivity contribution in [1.82, 2.24) is 4.98 Å². The molecule has 0 aromatic carbocycles. The minimum atomic E-state index is -1.73. The molecule has 27 heavy (non-hydrogen) atoms. The fourth-order valence-corrected chi connectivity index (χ4v) is 5.51. The smallest absolute Gasteiger partial charge is 0.260 e. The lowest BCUT2D eigenvalue weighted by Crippen LogP contribution is -2.47. The van der Waals surface area contributed by atoms with E-state index in [2.05, 4.69) is 38.8 Å². The van der Waals surface area contributed by atoms with Crippen LogP contribution in [0.25, 0.3) is 10.2 Å². The van der Waals surface area contributed by atoms with Crippen LogP contribution in [-0.2, 0) is 4.43 Å². The van der Waals surface area contributed by atoms with Crippen molar-refractivity contribution in [2.45, 2.75) is 57.8 Å². The summed E-state index contributed by atoms with van der Waals surface area (Å²) < 4.78 is 6.57. The molecule has 1 aliphatic rings. The van der Waals surface area contributed by atoms with E-state index < -0.39 is 14.2 Å². The second-order valence-corrected chi connectivity index (χ2v) is 14.6. The van der Waals surface area contributed by atoms with Gasteiger partial charge in [0.1, 0.15) is 15.5 Å². The second-order valence-electron chi connectivity index (χ2n) is 8.80. The number of carbonyl (C=O) groups is 1. The van der Waals surface area contributed by atoms with Crippen LogP contribution >= 0.6 is 11.3 Å². The predicted octanol–water partition coefficient (Wildman–Crippen LogP) is 3.97. The van der Waals surface area contributed by atoms with Gasteiger partial charge in [-0.3, -0.25) is 4.79 Å². The summed E-state index contributed by atoms with van der Waals surface area (Å²) in [5.74, 6) is 0.422. The van der Waals surface area contributed by atoms with Crippen LogP contribution in [-0.4, -0.2) is 38.4 Å². The normalized spacial score (nSPS) is 16.9. The van der Waals surface area contributed by atoms with E-state index in [1.165, 1.54) is 11.3 Å². The molecule has 8 heteroatoms. The van der Waals surface area contributed by atoms with Crippen LogP contribution in [0, 0.1) is 0 Å². The molecule has 3 rings (SSSR count). The lowest BCUT2D eigenvalue weighted by Gasteiger charge is -2.42. The van der Waals surface area contributed by atoms with Crippen molar-refractivity contribution < 1.29 is 9.22 Å². The predicted molar refractivity (Wildman–Crippen MR) is 116 cm³/mol. The average molecular weight is 407 g/mol. The molecule has 4 N–H and O–H groups in total. The molecule has 148 valence electrons. The van der Waals surface area contributed by atoms with E-state index in [1.54, 1.807) is 0 Å². The number of fused-ring (bicyclic) bond motifs is 1. The highest BCUT2D eigenvalue weighted by Crippen LogP contribution is 2.39. The van der Waals surface area contributed by atoms with Gasteiger partial charge in [-0.05, 0) is 43.1 Å². The Bertz CT molecular complexity index is 851. The quantitative estimate of drug-likeness (QED) is 0.749. The van der Waals surface area contributed by atoms with Gasteiger partial charge in [-0.25, -0.2) is 4.98 Å². The molecule has 6 nitrogen and oxygen atoms in total. The summed E-state index contributed by atoms with van der Waals surface area (Å²) in [4.78, 5) is 19.7. The summed E-state index contributed by atoms with van der Waals surface area (Å²) in [6, 6.07) is 3.92. The number of pyridine rings is 1. The molecule has 0 spiro atoms. The highest BCUT2D eigenvalue weighted by Gasteiger charge is 2.39. The third kappa shape index (κ3) is 3.97. The van der Waals surface area contributed by atoms with E-state index in [0.29, 0.717) is 16.7 Å². The molecule has 1 saturated heterocycles. The van der Waals surface area contributed by atoms with E-state index in [9.17, 15) is 4.79 Å². The Kier molecular flexibility index (Phi) is 5.26. The number of thiophene rings is 1. The van der Waals surface area contributed by atoms with Crippen LogP contribution in [0.4, 0.5) is 11.5 Å². The van der Waals surface area contributed by atoms with E-state index >= 15 is 0 Å². The Morgan fingerprint density at radius 1 is 1.30 bits per heavy atom. The van der Waals surface area contributed by atoms with Gasteiger partial charge in [0.05, 0.1) is 5.69 Å². The minimum absolute atomic E-state index is 0.230.